The third kappa shape index (κ3) is 1.72. The molecule has 0 radical (unpaired) electrons. The maximum absolute atomic E-state index is 10.8. The van der Waals surface area contributed by atoms with E-state index in [1.54, 1.807) is 0 Å². The average Bonchev–Trinajstić information content (AvgIpc) is 2.45. The van der Waals surface area contributed by atoms with Gasteiger partial charge in [-0.3, -0.25) is 4.79 Å². The van der Waals surface area contributed by atoms with Crippen molar-refractivity contribution >= 4 is 74.9 Å². The molecule has 0 aromatic carbocycles. The van der Waals surface area contributed by atoms with Gasteiger partial charge < -0.3 is 10.0 Å². The zero-order valence-corrected chi connectivity index (χ0v) is 5.84. The fourth-order valence-corrected chi connectivity index (χ4v) is 2.01. The van der Waals surface area contributed by atoms with Crippen molar-refractivity contribution in [2.45, 2.75) is 12.8 Å². The number of rotatable bonds is 1. The maximum atomic E-state index is 10.8. The van der Waals surface area contributed by atoms with Crippen LogP contribution in [0.5, 0.6) is 0 Å². The fraction of sp³-hybridized carbons (Fsp3) is 0.857. The molecule has 0 atom stereocenters. The Bertz CT molecular complexity index is 175. The molecule has 0 unspecified atom stereocenters. The summed E-state index contributed by atoms with van der Waals surface area (Å²) < 4.78 is 0. The summed E-state index contributed by atoms with van der Waals surface area (Å²) in [5.41, 5.74) is -0.347. The summed E-state index contributed by atoms with van der Waals surface area (Å²) in [6, 6.07) is 0. The molecule has 2 aliphatic rings. The molecular formula is C7H12CsNO2. The third-order valence-electron chi connectivity index (χ3n) is 2.79. The second kappa shape index (κ2) is 3.69. The number of carbonyl (C=O) groups is 1. The van der Waals surface area contributed by atoms with Gasteiger partial charge in [0.25, 0.3) is 0 Å². The molecule has 0 amide bonds. The van der Waals surface area contributed by atoms with Gasteiger partial charge in [0.1, 0.15) is 0 Å². The number of hydrogen-bond acceptors (Lipinski definition) is 2. The van der Waals surface area contributed by atoms with Crippen LogP contribution in [0.15, 0.2) is 0 Å². The van der Waals surface area contributed by atoms with Gasteiger partial charge >= 0.3 is 74.9 Å². The predicted octanol–water partition coefficient (Wildman–Crippen LogP) is -0.482. The van der Waals surface area contributed by atoms with Crippen molar-refractivity contribution in [1.29, 1.82) is 0 Å². The number of carboxylic acids is 1. The van der Waals surface area contributed by atoms with Gasteiger partial charge in [0, 0.05) is 6.54 Å². The second-order valence-corrected chi connectivity index (χ2v) is 3.36. The van der Waals surface area contributed by atoms with Gasteiger partial charge in [-0.25, -0.2) is 0 Å². The molecule has 11 heavy (non-hydrogen) atoms. The van der Waals surface area contributed by atoms with Crippen LogP contribution in [0.3, 0.4) is 0 Å². The van der Waals surface area contributed by atoms with Gasteiger partial charge in [-0.15, -0.1) is 0 Å². The minimum atomic E-state index is -0.590. The Balaban J connectivity index is 0.000000605. The van der Waals surface area contributed by atoms with Crippen molar-refractivity contribution in [3.8, 4) is 0 Å². The van der Waals surface area contributed by atoms with Gasteiger partial charge in [0.15, 0.2) is 0 Å². The molecule has 2 saturated heterocycles. The topological polar surface area (TPSA) is 40.5 Å². The standard InChI is InChI=1S/C7H11NO2.Cs.H/c9-6(10)7-1-3-8(5-7)4-2-7;;/h1-5H2,(H,9,10);;. The van der Waals surface area contributed by atoms with Crippen LogP contribution in [-0.2, 0) is 4.79 Å². The molecule has 0 saturated carbocycles. The zero-order valence-electron chi connectivity index (χ0n) is 5.84. The van der Waals surface area contributed by atoms with E-state index in [9.17, 15) is 4.79 Å². The van der Waals surface area contributed by atoms with Crippen LogP contribution in [0.4, 0.5) is 0 Å². The van der Waals surface area contributed by atoms with E-state index in [1.807, 2.05) is 0 Å². The van der Waals surface area contributed by atoms with E-state index in [-0.39, 0.29) is 74.3 Å². The predicted molar refractivity (Wildman–Crippen MR) is 42.9 cm³/mol. The van der Waals surface area contributed by atoms with Gasteiger partial charge in [0.05, 0.1) is 5.41 Å². The number of aliphatic carboxylic acids is 1. The second-order valence-electron chi connectivity index (χ2n) is 3.36. The number of piperidine rings is 1. The first-order valence-electron chi connectivity index (χ1n) is 3.69. The van der Waals surface area contributed by atoms with Crippen molar-refractivity contribution in [2.24, 2.45) is 5.41 Å². The van der Waals surface area contributed by atoms with Crippen molar-refractivity contribution < 1.29 is 9.90 Å². The van der Waals surface area contributed by atoms with Crippen molar-refractivity contribution in [3.63, 3.8) is 0 Å². The van der Waals surface area contributed by atoms with E-state index < -0.39 is 5.97 Å². The van der Waals surface area contributed by atoms with Crippen molar-refractivity contribution in [3.05, 3.63) is 0 Å². The van der Waals surface area contributed by atoms with Crippen LogP contribution in [0.25, 0.3) is 0 Å². The Morgan fingerprint density at radius 3 is 2.09 bits per heavy atom. The fourth-order valence-electron chi connectivity index (χ4n) is 2.01. The molecule has 0 spiro atoms. The molecular weight excluding hydrogens is 263 g/mol. The van der Waals surface area contributed by atoms with E-state index in [0.717, 1.165) is 32.5 Å². The van der Waals surface area contributed by atoms with Crippen LogP contribution in [0, 0.1) is 5.41 Å². The van der Waals surface area contributed by atoms with Gasteiger partial charge in [0.2, 0.25) is 0 Å². The molecule has 4 heteroatoms. The minimum absolute atomic E-state index is 0. The van der Waals surface area contributed by atoms with Gasteiger partial charge in [-0.05, 0) is 25.9 Å². The van der Waals surface area contributed by atoms with Crippen LogP contribution in [0.2, 0.25) is 0 Å². The Labute approximate surface area is 125 Å². The SMILES string of the molecule is O=C(O)C12CCN(CC1)C2.[CsH]. The van der Waals surface area contributed by atoms with E-state index in [2.05, 4.69) is 4.90 Å². The molecule has 0 aromatic heterocycles. The molecule has 0 aromatic rings. The molecule has 1 N–H and O–H groups in total. The van der Waals surface area contributed by atoms with Gasteiger partial charge in [-0.2, -0.15) is 0 Å². The molecule has 2 fully saturated rings. The van der Waals surface area contributed by atoms with Crippen molar-refractivity contribution in [1.82, 2.24) is 4.90 Å². The first-order chi connectivity index (χ1) is 4.73. The molecule has 3 nitrogen and oxygen atoms in total. The summed E-state index contributed by atoms with van der Waals surface area (Å²) in [6.07, 6.45) is 1.73. The number of nitrogens with zero attached hydrogens (tertiary/aromatic N) is 1. The van der Waals surface area contributed by atoms with E-state index in [1.165, 1.54) is 0 Å². The molecule has 58 valence electrons. The van der Waals surface area contributed by atoms with Gasteiger partial charge in [-0.1, -0.05) is 0 Å². The molecule has 2 bridgehead atoms. The van der Waals surface area contributed by atoms with Crippen LogP contribution >= 0.6 is 0 Å². The van der Waals surface area contributed by atoms with E-state index >= 15 is 0 Å². The van der Waals surface area contributed by atoms with E-state index in [4.69, 9.17) is 5.11 Å². The molecule has 2 heterocycles. The summed E-state index contributed by atoms with van der Waals surface area (Å²) in [4.78, 5) is 13.0. The Hall–Kier alpha value is 1.48. The monoisotopic (exact) mass is 275 g/mol. The molecule has 0 aliphatic carbocycles. The average molecular weight is 275 g/mol. The summed E-state index contributed by atoms with van der Waals surface area (Å²) in [5, 5.41) is 8.86. The first-order valence-corrected chi connectivity index (χ1v) is 3.69. The summed E-state index contributed by atoms with van der Waals surface area (Å²) in [6.45, 7) is 2.78. The summed E-state index contributed by atoms with van der Waals surface area (Å²) >= 11 is 0. The van der Waals surface area contributed by atoms with Crippen LogP contribution < -0.4 is 0 Å². The normalized spacial score (nSPS) is 40.2. The quantitative estimate of drug-likeness (QED) is 0.702. The molecule has 2 rings (SSSR count). The molecule has 2 aliphatic heterocycles. The Morgan fingerprint density at radius 1 is 1.36 bits per heavy atom. The van der Waals surface area contributed by atoms with E-state index in [0.29, 0.717) is 0 Å². The summed E-state index contributed by atoms with van der Waals surface area (Å²) in [5.74, 6) is -0.590. The van der Waals surface area contributed by atoms with Crippen LogP contribution in [-0.4, -0.2) is 105 Å². The van der Waals surface area contributed by atoms with Crippen molar-refractivity contribution in [2.75, 3.05) is 19.6 Å². The Kier molecular flexibility index (Phi) is 3.55. The summed E-state index contributed by atoms with van der Waals surface area (Å²) in [7, 11) is 0. The number of fused-ring (bicyclic) bond motifs is 2. The third-order valence-corrected chi connectivity index (χ3v) is 2.79. The number of carboxylic acid groups (broad SMARTS) is 1. The number of hydrogen-bond donors (Lipinski definition) is 1. The Morgan fingerprint density at radius 2 is 1.91 bits per heavy atom. The first kappa shape index (κ1) is 10.6. The van der Waals surface area contributed by atoms with Crippen LogP contribution in [0.1, 0.15) is 12.8 Å². The zero-order chi connectivity index (χ0) is 7.19.